The fourth-order valence-electron chi connectivity index (χ4n) is 3.03. The number of benzene rings is 1. The van der Waals surface area contributed by atoms with E-state index in [0.717, 1.165) is 18.9 Å². The van der Waals surface area contributed by atoms with Crippen molar-refractivity contribution < 1.29 is 17.9 Å². The molecule has 3 N–H and O–H groups in total. The molecule has 1 saturated heterocycles. The third-order valence-corrected chi connectivity index (χ3v) is 5.09. The zero-order chi connectivity index (χ0) is 19.6. The first-order chi connectivity index (χ1) is 12.7. The smallest absolute Gasteiger partial charge is 0.257 e. The number of carbonyl (C=O) groups excluding carboxylic acids is 1. The number of nitrogens with one attached hydrogen (secondary N) is 1. The summed E-state index contributed by atoms with van der Waals surface area (Å²) in [6.45, 7) is 5.51. The van der Waals surface area contributed by atoms with E-state index in [9.17, 15) is 13.2 Å². The maximum Gasteiger partial charge on any atom is 0.257 e. The second-order valence-electron chi connectivity index (χ2n) is 6.59. The molecule has 1 amide bonds. The van der Waals surface area contributed by atoms with Gasteiger partial charge < -0.3 is 15.0 Å². The molecule has 1 aromatic heterocycles. The molecular formula is C18H22N4O4S. The number of aromatic nitrogens is 1. The number of amides is 1. The molecule has 9 heteroatoms. The minimum atomic E-state index is -3.83. The summed E-state index contributed by atoms with van der Waals surface area (Å²) in [5.41, 5.74) is 0.709. The number of rotatable bonds is 4. The summed E-state index contributed by atoms with van der Waals surface area (Å²) < 4.78 is 28.5. The van der Waals surface area contributed by atoms with Crippen LogP contribution >= 0.6 is 0 Å². The van der Waals surface area contributed by atoms with E-state index in [4.69, 9.17) is 9.88 Å². The van der Waals surface area contributed by atoms with Crippen molar-refractivity contribution >= 4 is 27.4 Å². The summed E-state index contributed by atoms with van der Waals surface area (Å²) in [7, 11) is -3.83. The van der Waals surface area contributed by atoms with Gasteiger partial charge in [-0.3, -0.25) is 4.79 Å². The second kappa shape index (κ2) is 7.63. The number of carbonyl (C=O) groups is 1. The summed E-state index contributed by atoms with van der Waals surface area (Å²) in [6, 6.07) is 9.26. The summed E-state index contributed by atoms with van der Waals surface area (Å²) >= 11 is 0. The van der Waals surface area contributed by atoms with Crippen molar-refractivity contribution in [2.24, 2.45) is 5.14 Å². The Morgan fingerprint density at radius 2 is 1.93 bits per heavy atom. The Morgan fingerprint density at radius 1 is 1.22 bits per heavy atom. The van der Waals surface area contributed by atoms with Gasteiger partial charge in [0.2, 0.25) is 10.0 Å². The highest BCUT2D eigenvalue weighted by atomic mass is 32.2. The third kappa shape index (κ3) is 4.82. The van der Waals surface area contributed by atoms with Gasteiger partial charge in [-0.1, -0.05) is 6.07 Å². The number of sulfonamides is 1. The quantitative estimate of drug-likeness (QED) is 0.819. The molecule has 1 fully saturated rings. The summed E-state index contributed by atoms with van der Waals surface area (Å²) in [4.78, 5) is 18.8. The second-order valence-corrected chi connectivity index (χ2v) is 8.16. The monoisotopic (exact) mass is 390 g/mol. The minimum Gasteiger partial charge on any atom is -0.372 e. The number of anilines is 2. The van der Waals surface area contributed by atoms with Crippen molar-refractivity contribution in [3.05, 3.63) is 48.2 Å². The number of hydrogen-bond donors (Lipinski definition) is 2. The van der Waals surface area contributed by atoms with Crippen LogP contribution in [0.4, 0.5) is 11.5 Å². The Morgan fingerprint density at radius 3 is 2.52 bits per heavy atom. The molecule has 2 unspecified atom stereocenters. The van der Waals surface area contributed by atoms with Crippen LogP contribution in [0.2, 0.25) is 0 Å². The van der Waals surface area contributed by atoms with Crippen LogP contribution in [-0.2, 0) is 14.8 Å². The van der Waals surface area contributed by atoms with Crippen LogP contribution in [0.3, 0.4) is 0 Å². The van der Waals surface area contributed by atoms with Gasteiger partial charge in [-0.2, -0.15) is 0 Å². The molecule has 1 aromatic carbocycles. The average Bonchev–Trinajstić information content (AvgIpc) is 2.60. The van der Waals surface area contributed by atoms with Crippen LogP contribution in [0.5, 0.6) is 0 Å². The SMILES string of the molecule is CC1CN(c2ccc(C(=O)Nc3cccc(S(N)(=O)=O)c3)cn2)CC(C)O1. The lowest BCUT2D eigenvalue weighted by Crippen LogP contribution is -2.45. The zero-order valence-corrected chi connectivity index (χ0v) is 15.9. The van der Waals surface area contributed by atoms with Gasteiger partial charge >= 0.3 is 0 Å². The zero-order valence-electron chi connectivity index (χ0n) is 15.1. The van der Waals surface area contributed by atoms with Crippen molar-refractivity contribution in [2.45, 2.75) is 31.0 Å². The maximum atomic E-state index is 12.4. The first-order valence-electron chi connectivity index (χ1n) is 8.53. The first kappa shape index (κ1) is 19.3. The molecule has 0 aliphatic carbocycles. The van der Waals surface area contributed by atoms with Crippen LogP contribution < -0.4 is 15.4 Å². The van der Waals surface area contributed by atoms with E-state index >= 15 is 0 Å². The van der Waals surface area contributed by atoms with Crippen LogP contribution in [0.15, 0.2) is 47.5 Å². The van der Waals surface area contributed by atoms with Crippen molar-refractivity contribution in [3.8, 4) is 0 Å². The van der Waals surface area contributed by atoms with Crippen molar-refractivity contribution in [2.75, 3.05) is 23.3 Å². The Hall–Kier alpha value is -2.49. The number of pyridine rings is 1. The van der Waals surface area contributed by atoms with Gasteiger partial charge in [0.05, 0.1) is 22.7 Å². The van der Waals surface area contributed by atoms with E-state index in [0.29, 0.717) is 11.3 Å². The molecule has 0 bridgehead atoms. The molecule has 2 atom stereocenters. The fourth-order valence-corrected chi connectivity index (χ4v) is 3.59. The lowest BCUT2D eigenvalue weighted by molar-refractivity contribution is -0.00546. The molecule has 3 rings (SSSR count). The van der Waals surface area contributed by atoms with Gasteiger partial charge in [-0.25, -0.2) is 18.5 Å². The Balaban J connectivity index is 1.71. The van der Waals surface area contributed by atoms with Gasteiger partial charge in [-0.05, 0) is 44.2 Å². The highest BCUT2D eigenvalue weighted by Crippen LogP contribution is 2.19. The molecule has 0 saturated carbocycles. The Kier molecular flexibility index (Phi) is 5.45. The number of nitrogens with two attached hydrogens (primary N) is 1. The molecule has 1 aliphatic heterocycles. The Labute approximate surface area is 158 Å². The van der Waals surface area contributed by atoms with Crippen LogP contribution in [0.25, 0.3) is 0 Å². The van der Waals surface area contributed by atoms with Crippen molar-refractivity contribution in [1.82, 2.24) is 4.98 Å². The van der Waals surface area contributed by atoms with Gasteiger partial charge in [0.25, 0.3) is 5.91 Å². The average molecular weight is 390 g/mol. The molecule has 8 nitrogen and oxygen atoms in total. The van der Waals surface area contributed by atoms with Crippen LogP contribution in [0.1, 0.15) is 24.2 Å². The van der Waals surface area contributed by atoms with Gasteiger partial charge in [0.1, 0.15) is 5.82 Å². The summed E-state index contributed by atoms with van der Waals surface area (Å²) in [6.07, 6.45) is 1.73. The molecule has 0 spiro atoms. The number of nitrogens with zero attached hydrogens (tertiary/aromatic N) is 2. The van der Waals surface area contributed by atoms with Gasteiger partial charge in [-0.15, -0.1) is 0 Å². The minimum absolute atomic E-state index is 0.0654. The third-order valence-electron chi connectivity index (χ3n) is 4.17. The number of primary sulfonamides is 1. The normalized spacial score (nSPS) is 20.3. The highest BCUT2D eigenvalue weighted by molar-refractivity contribution is 7.89. The lowest BCUT2D eigenvalue weighted by atomic mass is 10.2. The van der Waals surface area contributed by atoms with E-state index in [1.54, 1.807) is 18.2 Å². The van der Waals surface area contributed by atoms with Gasteiger partial charge in [0, 0.05) is 25.0 Å². The largest absolute Gasteiger partial charge is 0.372 e. The predicted octanol–water partition coefficient (Wildman–Crippen LogP) is 1.59. The number of ether oxygens (including phenoxy) is 1. The van der Waals surface area contributed by atoms with E-state index in [1.807, 2.05) is 13.8 Å². The summed E-state index contributed by atoms with van der Waals surface area (Å²) in [5, 5.41) is 7.76. The van der Waals surface area contributed by atoms with Crippen LogP contribution in [0, 0.1) is 0 Å². The van der Waals surface area contributed by atoms with Crippen LogP contribution in [-0.4, -0.2) is 44.6 Å². The van der Waals surface area contributed by atoms with E-state index < -0.39 is 10.0 Å². The molecule has 2 heterocycles. The first-order valence-corrected chi connectivity index (χ1v) is 10.1. The van der Waals surface area contributed by atoms with Crippen molar-refractivity contribution in [3.63, 3.8) is 0 Å². The maximum absolute atomic E-state index is 12.4. The molecule has 27 heavy (non-hydrogen) atoms. The number of morpholine rings is 1. The fraction of sp³-hybridized carbons (Fsp3) is 0.333. The molecule has 144 valence electrons. The Bertz CT molecular complexity index is 921. The standard InChI is InChI=1S/C18H22N4O4S/c1-12-10-22(11-13(2)26-12)17-7-6-14(9-20-17)18(23)21-15-4-3-5-16(8-15)27(19,24)25/h3-9,12-13H,10-11H2,1-2H3,(H,21,23)(H2,19,24,25). The number of hydrogen-bond acceptors (Lipinski definition) is 6. The lowest BCUT2D eigenvalue weighted by Gasteiger charge is -2.36. The van der Waals surface area contributed by atoms with E-state index in [-0.39, 0.29) is 23.0 Å². The topological polar surface area (TPSA) is 115 Å². The molecule has 0 radical (unpaired) electrons. The molecule has 1 aliphatic rings. The molecular weight excluding hydrogens is 368 g/mol. The predicted molar refractivity (Wildman–Crippen MR) is 102 cm³/mol. The summed E-state index contributed by atoms with van der Waals surface area (Å²) in [5.74, 6) is 0.397. The van der Waals surface area contributed by atoms with Gasteiger partial charge in [0.15, 0.2) is 0 Å². The highest BCUT2D eigenvalue weighted by Gasteiger charge is 2.23. The van der Waals surface area contributed by atoms with E-state index in [1.165, 1.54) is 24.4 Å². The van der Waals surface area contributed by atoms with Crippen molar-refractivity contribution in [1.29, 1.82) is 0 Å². The molecule has 2 aromatic rings. The van der Waals surface area contributed by atoms with E-state index in [2.05, 4.69) is 15.2 Å².